The Balaban J connectivity index is 1.87. The zero-order chi connectivity index (χ0) is 13.2. The van der Waals surface area contributed by atoms with Gasteiger partial charge in [-0.2, -0.15) is 0 Å². The van der Waals surface area contributed by atoms with Crippen LogP contribution in [0.5, 0.6) is 0 Å². The topological polar surface area (TPSA) is 56.7 Å². The summed E-state index contributed by atoms with van der Waals surface area (Å²) in [5.74, 6) is 1.88. The average Bonchev–Trinajstić information content (AvgIpc) is 2.99. The van der Waals surface area contributed by atoms with Gasteiger partial charge in [0.2, 0.25) is 11.8 Å². The number of thioether (sulfide) groups is 1. The van der Waals surface area contributed by atoms with Gasteiger partial charge in [0, 0.05) is 13.5 Å². The Labute approximate surface area is 115 Å². The van der Waals surface area contributed by atoms with E-state index in [1.807, 2.05) is 18.2 Å². The number of hydrogen-bond acceptors (Lipinski definition) is 5. The minimum Gasteiger partial charge on any atom is -0.425 e. The fraction of sp³-hybridized carbons (Fsp3) is 0.308. The van der Waals surface area contributed by atoms with E-state index in [9.17, 15) is 0 Å². The first kappa shape index (κ1) is 12.2. The van der Waals surface area contributed by atoms with Crippen molar-refractivity contribution < 1.29 is 4.42 Å². The predicted molar refractivity (Wildman–Crippen MR) is 74.0 cm³/mol. The Kier molecular flexibility index (Phi) is 3.25. The van der Waals surface area contributed by atoms with Crippen molar-refractivity contribution in [1.82, 2.24) is 19.7 Å². The maximum Gasteiger partial charge on any atom is 0.226 e. The highest BCUT2D eigenvalue weighted by molar-refractivity contribution is 7.98. The van der Waals surface area contributed by atoms with Crippen LogP contribution in [0.1, 0.15) is 18.7 Å². The molecule has 19 heavy (non-hydrogen) atoms. The molecule has 0 amide bonds. The number of nitrogens with zero attached hydrogens (tertiary/aromatic N) is 4. The summed E-state index contributed by atoms with van der Waals surface area (Å²) < 4.78 is 7.57. The largest absolute Gasteiger partial charge is 0.425 e. The molecule has 0 aliphatic heterocycles. The van der Waals surface area contributed by atoms with Gasteiger partial charge in [0.05, 0.1) is 16.8 Å². The minimum atomic E-state index is 0.597. The van der Waals surface area contributed by atoms with E-state index in [4.69, 9.17) is 4.42 Å². The molecule has 3 rings (SSSR count). The van der Waals surface area contributed by atoms with Crippen molar-refractivity contribution in [1.29, 1.82) is 0 Å². The van der Waals surface area contributed by atoms with E-state index in [0.717, 1.165) is 22.7 Å². The van der Waals surface area contributed by atoms with Crippen LogP contribution in [0.25, 0.3) is 11.0 Å². The molecule has 3 aromatic rings. The maximum atomic E-state index is 5.37. The number of aryl methyl sites for hydroxylation is 2. The van der Waals surface area contributed by atoms with E-state index in [0.29, 0.717) is 17.5 Å². The number of aromatic nitrogens is 4. The van der Waals surface area contributed by atoms with Gasteiger partial charge in [0.15, 0.2) is 5.16 Å². The van der Waals surface area contributed by atoms with Crippen LogP contribution in [0.3, 0.4) is 0 Å². The van der Waals surface area contributed by atoms with E-state index >= 15 is 0 Å². The first-order valence-corrected chi connectivity index (χ1v) is 7.13. The zero-order valence-electron chi connectivity index (χ0n) is 10.8. The average molecular weight is 274 g/mol. The zero-order valence-corrected chi connectivity index (χ0v) is 11.6. The van der Waals surface area contributed by atoms with Gasteiger partial charge in [0.25, 0.3) is 0 Å². The van der Waals surface area contributed by atoms with Gasteiger partial charge in [0.1, 0.15) is 0 Å². The maximum absolute atomic E-state index is 5.37. The molecule has 0 unspecified atom stereocenters. The van der Waals surface area contributed by atoms with Crippen molar-refractivity contribution in [2.45, 2.75) is 31.3 Å². The Morgan fingerprint density at radius 2 is 2.11 bits per heavy atom. The molecule has 5 nitrogen and oxygen atoms in total. The molecule has 0 atom stereocenters. The highest BCUT2D eigenvalue weighted by Gasteiger charge is 2.11. The van der Waals surface area contributed by atoms with Crippen LogP contribution in [0.2, 0.25) is 0 Å². The Morgan fingerprint density at radius 3 is 2.84 bits per heavy atom. The van der Waals surface area contributed by atoms with Crippen LogP contribution in [0, 0.1) is 6.92 Å². The van der Waals surface area contributed by atoms with Gasteiger partial charge in [-0.15, -0.1) is 10.2 Å². The Hall–Kier alpha value is -1.82. The molecule has 0 radical (unpaired) electrons. The van der Waals surface area contributed by atoms with Crippen LogP contribution in [-0.2, 0) is 12.3 Å². The predicted octanol–water partition coefficient (Wildman–Crippen LogP) is 3.04. The van der Waals surface area contributed by atoms with Crippen LogP contribution in [0.15, 0.2) is 33.8 Å². The molecule has 0 N–H and O–H groups in total. The second kappa shape index (κ2) is 5.05. The lowest BCUT2D eigenvalue weighted by Crippen LogP contribution is -1.96. The normalized spacial score (nSPS) is 11.3. The van der Waals surface area contributed by atoms with E-state index in [-0.39, 0.29) is 0 Å². The fourth-order valence-electron chi connectivity index (χ4n) is 1.99. The van der Waals surface area contributed by atoms with E-state index in [1.54, 1.807) is 18.7 Å². The molecule has 2 aromatic heterocycles. The lowest BCUT2D eigenvalue weighted by molar-refractivity contribution is 0.485. The van der Waals surface area contributed by atoms with E-state index in [1.165, 1.54) is 0 Å². The van der Waals surface area contributed by atoms with Crippen LogP contribution < -0.4 is 0 Å². The summed E-state index contributed by atoms with van der Waals surface area (Å²) in [7, 11) is 0. The number of rotatable bonds is 4. The highest BCUT2D eigenvalue weighted by Crippen LogP contribution is 2.26. The number of fused-ring (bicyclic) bond motifs is 1. The molecule has 98 valence electrons. The van der Waals surface area contributed by atoms with Crippen molar-refractivity contribution in [2.75, 3.05) is 0 Å². The Morgan fingerprint density at radius 1 is 1.26 bits per heavy atom. The highest BCUT2D eigenvalue weighted by atomic mass is 32.2. The molecule has 0 saturated carbocycles. The molecule has 0 fully saturated rings. The van der Waals surface area contributed by atoms with Gasteiger partial charge in [-0.05, 0) is 19.1 Å². The summed E-state index contributed by atoms with van der Waals surface area (Å²) in [6, 6.07) is 8.16. The Bertz CT molecular complexity index is 704. The molecule has 6 heteroatoms. The van der Waals surface area contributed by atoms with Crippen LogP contribution in [0.4, 0.5) is 0 Å². The van der Waals surface area contributed by atoms with Crippen LogP contribution >= 0.6 is 11.8 Å². The molecule has 0 aliphatic rings. The van der Waals surface area contributed by atoms with E-state index < -0.39 is 0 Å². The molecule has 0 aliphatic carbocycles. The number of benzene rings is 1. The van der Waals surface area contributed by atoms with Crippen molar-refractivity contribution in [3.8, 4) is 0 Å². The quantitative estimate of drug-likeness (QED) is 0.684. The molecule has 0 bridgehead atoms. The first-order chi connectivity index (χ1) is 9.28. The lowest BCUT2D eigenvalue weighted by atomic mass is 10.3. The molecule has 1 aromatic carbocycles. The minimum absolute atomic E-state index is 0.597. The molecule has 0 spiro atoms. The monoisotopic (exact) mass is 274 g/mol. The standard InChI is InChI=1S/C13H14N4OS/c1-3-17-11-7-5-4-6-10(11)14-13(17)19-8-12-16-15-9(2)18-12/h4-7H,3,8H2,1-2H3. The molecular formula is C13H14N4OS. The smallest absolute Gasteiger partial charge is 0.226 e. The number of hydrogen-bond donors (Lipinski definition) is 0. The number of imidazole rings is 1. The molecular weight excluding hydrogens is 260 g/mol. The summed E-state index contributed by atoms with van der Waals surface area (Å²) in [6.07, 6.45) is 0. The fourth-order valence-corrected chi connectivity index (χ4v) is 2.91. The first-order valence-electron chi connectivity index (χ1n) is 6.15. The van der Waals surface area contributed by atoms with E-state index in [2.05, 4.69) is 32.7 Å². The van der Waals surface area contributed by atoms with Gasteiger partial charge < -0.3 is 8.98 Å². The third kappa shape index (κ3) is 2.35. The summed E-state index contributed by atoms with van der Waals surface area (Å²) >= 11 is 1.62. The molecule has 2 heterocycles. The third-order valence-electron chi connectivity index (χ3n) is 2.83. The second-order valence-corrected chi connectivity index (χ2v) is 5.07. The summed E-state index contributed by atoms with van der Waals surface area (Å²) in [5.41, 5.74) is 2.18. The number of para-hydroxylation sites is 2. The van der Waals surface area contributed by atoms with Gasteiger partial charge >= 0.3 is 0 Å². The summed E-state index contributed by atoms with van der Waals surface area (Å²) in [6.45, 7) is 4.81. The second-order valence-electron chi connectivity index (χ2n) is 4.13. The van der Waals surface area contributed by atoms with Gasteiger partial charge in [-0.3, -0.25) is 0 Å². The molecule has 0 saturated heterocycles. The van der Waals surface area contributed by atoms with Crippen molar-refractivity contribution in [3.05, 3.63) is 36.0 Å². The van der Waals surface area contributed by atoms with Crippen molar-refractivity contribution in [2.24, 2.45) is 0 Å². The lowest BCUT2D eigenvalue weighted by Gasteiger charge is -2.03. The summed E-state index contributed by atoms with van der Waals surface area (Å²) in [5, 5.41) is 8.81. The SMILES string of the molecule is CCn1c(SCc2nnc(C)o2)nc2ccccc21. The summed E-state index contributed by atoms with van der Waals surface area (Å²) in [4.78, 5) is 4.64. The van der Waals surface area contributed by atoms with Crippen molar-refractivity contribution >= 4 is 22.8 Å². The van der Waals surface area contributed by atoms with Gasteiger partial charge in [-0.1, -0.05) is 23.9 Å². The van der Waals surface area contributed by atoms with Crippen LogP contribution in [-0.4, -0.2) is 19.7 Å². The van der Waals surface area contributed by atoms with Crippen molar-refractivity contribution in [3.63, 3.8) is 0 Å². The van der Waals surface area contributed by atoms with Gasteiger partial charge in [-0.25, -0.2) is 4.98 Å². The third-order valence-corrected chi connectivity index (χ3v) is 3.79.